The van der Waals surface area contributed by atoms with Crippen LogP contribution in [0.3, 0.4) is 0 Å². The molecule has 2 amide bonds. The minimum Gasteiger partial charge on any atom is -0.393 e. The molecule has 0 bridgehead atoms. The molecule has 0 aromatic carbocycles. The van der Waals surface area contributed by atoms with Crippen molar-refractivity contribution in [2.45, 2.75) is 37.8 Å². The van der Waals surface area contributed by atoms with Gasteiger partial charge in [-0.3, -0.25) is 0 Å². The van der Waals surface area contributed by atoms with Crippen LogP contribution in [0.5, 0.6) is 0 Å². The number of rotatable bonds is 2. The summed E-state index contributed by atoms with van der Waals surface area (Å²) in [6.07, 6.45) is 3.46. The van der Waals surface area contributed by atoms with Crippen LogP contribution < -0.4 is 5.32 Å². The number of hydrogen-bond donors (Lipinski definition) is 2. The Bertz CT molecular complexity index is 438. The average molecular weight is 305 g/mol. The second kappa shape index (κ2) is 6.28. The van der Waals surface area contributed by atoms with E-state index in [0.717, 1.165) is 0 Å². The standard InChI is InChI=1S/C12H23N3O4S/c1-20(18,19)15-8-2-10(3-9-15)13-12(17)14-6-4-11(16)5-7-14/h10-11,16H,2-9H2,1H3,(H,13,17). The van der Waals surface area contributed by atoms with Crippen molar-refractivity contribution < 1.29 is 18.3 Å². The fourth-order valence-electron chi connectivity index (χ4n) is 2.67. The predicted octanol–water partition coefficient (Wildman–Crippen LogP) is -0.423. The lowest BCUT2D eigenvalue weighted by atomic mass is 10.1. The van der Waals surface area contributed by atoms with E-state index < -0.39 is 10.0 Å². The first kappa shape index (κ1) is 15.5. The number of nitrogens with zero attached hydrogens (tertiary/aromatic N) is 2. The van der Waals surface area contributed by atoms with E-state index in [4.69, 9.17) is 0 Å². The third kappa shape index (κ3) is 4.07. The third-order valence-electron chi connectivity index (χ3n) is 4.00. The first-order chi connectivity index (χ1) is 9.36. The van der Waals surface area contributed by atoms with Crippen molar-refractivity contribution in [1.82, 2.24) is 14.5 Å². The Morgan fingerprint density at radius 2 is 1.65 bits per heavy atom. The summed E-state index contributed by atoms with van der Waals surface area (Å²) in [5.41, 5.74) is 0. The number of piperidine rings is 2. The molecule has 0 aliphatic carbocycles. The topological polar surface area (TPSA) is 90.0 Å². The van der Waals surface area contributed by atoms with Gasteiger partial charge in [0.15, 0.2) is 0 Å². The molecule has 0 radical (unpaired) electrons. The summed E-state index contributed by atoms with van der Waals surface area (Å²) in [4.78, 5) is 13.8. The highest BCUT2D eigenvalue weighted by Gasteiger charge is 2.28. The molecule has 0 aromatic rings. The van der Waals surface area contributed by atoms with Gasteiger partial charge in [0.2, 0.25) is 10.0 Å². The lowest BCUT2D eigenvalue weighted by Gasteiger charge is -2.34. The van der Waals surface area contributed by atoms with E-state index in [1.807, 2.05) is 0 Å². The predicted molar refractivity (Wildman–Crippen MR) is 74.8 cm³/mol. The molecule has 2 saturated heterocycles. The van der Waals surface area contributed by atoms with Crippen molar-refractivity contribution >= 4 is 16.1 Å². The lowest BCUT2D eigenvalue weighted by Crippen LogP contribution is -2.51. The fraction of sp³-hybridized carbons (Fsp3) is 0.917. The van der Waals surface area contributed by atoms with Gasteiger partial charge in [0.05, 0.1) is 12.4 Å². The molecule has 116 valence electrons. The summed E-state index contributed by atoms with van der Waals surface area (Å²) in [7, 11) is -3.12. The Kier molecular flexibility index (Phi) is 4.87. The highest BCUT2D eigenvalue weighted by molar-refractivity contribution is 7.88. The Morgan fingerprint density at radius 3 is 2.15 bits per heavy atom. The van der Waals surface area contributed by atoms with Crippen LogP contribution in [0.15, 0.2) is 0 Å². The average Bonchev–Trinajstić information content (AvgIpc) is 2.39. The SMILES string of the molecule is CS(=O)(=O)N1CCC(NC(=O)N2CCC(O)CC2)CC1. The molecule has 2 fully saturated rings. The quantitative estimate of drug-likeness (QED) is 0.725. The second-order valence-corrected chi connectivity index (χ2v) is 7.59. The molecule has 0 unspecified atom stereocenters. The monoisotopic (exact) mass is 305 g/mol. The number of nitrogens with one attached hydrogen (secondary N) is 1. The summed E-state index contributed by atoms with van der Waals surface area (Å²) >= 11 is 0. The Hall–Kier alpha value is -0.860. The van der Waals surface area contributed by atoms with E-state index in [0.29, 0.717) is 51.9 Å². The first-order valence-corrected chi connectivity index (χ1v) is 8.89. The van der Waals surface area contributed by atoms with E-state index in [1.165, 1.54) is 10.6 Å². The van der Waals surface area contributed by atoms with E-state index in [1.54, 1.807) is 4.90 Å². The lowest BCUT2D eigenvalue weighted by molar-refractivity contribution is 0.0921. The fourth-order valence-corrected chi connectivity index (χ4v) is 3.54. The number of carbonyl (C=O) groups excluding carboxylic acids is 1. The molecule has 7 nitrogen and oxygen atoms in total. The molecule has 2 heterocycles. The van der Waals surface area contributed by atoms with Gasteiger partial charge in [-0.25, -0.2) is 17.5 Å². The van der Waals surface area contributed by atoms with Gasteiger partial charge in [-0.05, 0) is 25.7 Å². The van der Waals surface area contributed by atoms with Crippen molar-refractivity contribution in [2.75, 3.05) is 32.4 Å². The van der Waals surface area contributed by atoms with Crippen LogP contribution in [-0.2, 0) is 10.0 Å². The van der Waals surface area contributed by atoms with Gasteiger partial charge in [0.1, 0.15) is 0 Å². The zero-order valence-electron chi connectivity index (χ0n) is 11.8. The Morgan fingerprint density at radius 1 is 1.10 bits per heavy atom. The summed E-state index contributed by atoms with van der Waals surface area (Å²) in [6, 6.07) is -0.0675. The maximum atomic E-state index is 12.1. The van der Waals surface area contributed by atoms with Gasteiger partial charge < -0.3 is 15.3 Å². The maximum absolute atomic E-state index is 12.1. The van der Waals surface area contributed by atoms with Crippen molar-refractivity contribution in [3.63, 3.8) is 0 Å². The van der Waals surface area contributed by atoms with Crippen LogP contribution in [0.25, 0.3) is 0 Å². The van der Waals surface area contributed by atoms with E-state index in [2.05, 4.69) is 5.32 Å². The number of carbonyl (C=O) groups is 1. The van der Waals surface area contributed by atoms with Crippen molar-refractivity contribution in [2.24, 2.45) is 0 Å². The molecule has 0 saturated carbocycles. The summed E-state index contributed by atoms with van der Waals surface area (Å²) in [6.45, 7) is 2.08. The molecular weight excluding hydrogens is 282 g/mol. The number of likely N-dealkylation sites (tertiary alicyclic amines) is 1. The zero-order chi connectivity index (χ0) is 14.8. The van der Waals surface area contributed by atoms with Crippen LogP contribution in [0.2, 0.25) is 0 Å². The number of hydrogen-bond acceptors (Lipinski definition) is 4. The molecular formula is C12H23N3O4S. The van der Waals surface area contributed by atoms with Crippen LogP contribution in [0, 0.1) is 0 Å². The van der Waals surface area contributed by atoms with Crippen LogP contribution in [-0.4, -0.2) is 73.3 Å². The normalized spacial score (nSPS) is 23.8. The largest absolute Gasteiger partial charge is 0.393 e. The molecule has 0 spiro atoms. The van der Waals surface area contributed by atoms with Crippen molar-refractivity contribution in [3.8, 4) is 0 Å². The van der Waals surface area contributed by atoms with Gasteiger partial charge in [-0.2, -0.15) is 0 Å². The third-order valence-corrected chi connectivity index (χ3v) is 5.31. The Balaban J connectivity index is 1.76. The van der Waals surface area contributed by atoms with Crippen LogP contribution >= 0.6 is 0 Å². The molecule has 8 heteroatoms. The summed E-state index contributed by atoms with van der Waals surface area (Å²) in [5, 5.41) is 12.4. The van der Waals surface area contributed by atoms with Gasteiger partial charge in [0, 0.05) is 32.2 Å². The molecule has 0 aromatic heterocycles. The van der Waals surface area contributed by atoms with Gasteiger partial charge >= 0.3 is 6.03 Å². The zero-order valence-corrected chi connectivity index (χ0v) is 12.6. The smallest absolute Gasteiger partial charge is 0.317 e. The minimum atomic E-state index is -3.12. The first-order valence-electron chi connectivity index (χ1n) is 7.05. The highest BCUT2D eigenvalue weighted by Crippen LogP contribution is 2.15. The van der Waals surface area contributed by atoms with E-state index in [9.17, 15) is 18.3 Å². The number of aliphatic hydroxyl groups is 1. The van der Waals surface area contributed by atoms with Crippen LogP contribution in [0.4, 0.5) is 4.79 Å². The number of aliphatic hydroxyl groups excluding tert-OH is 1. The van der Waals surface area contributed by atoms with Crippen molar-refractivity contribution in [1.29, 1.82) is 0 Å². The van der Waals surface area contributed by atoms with E-state index >= 15 is 0 Å². The number of urea groups is 1. The second-order valence-electron chi connectivity index (χ2n) is 5.60. The summed E-state index contributed by atoms with van der Waals surface area (Å²) in [5.74, 6) is 0. The van der Waals surface area contributed by atoms with Crippen molar-refractivity contribution in [3.05, 3.63) is 0 Å². The molecule has 2 aliphatic rings. The molecule has 2 rings (SSSR count). The highest BCUT2D eigenvalue weighted by atomic mass is 32.2. The number of amides is 2. The Labute approximate surface area is 120 Å². The maximum Gasteiger partial charge on any atom is 0.317 e. The minimum absolute atomic E-state index is 0.0346. The van der Waals surface area contributed by atoms with Gasteiger partial charge in [-0.15, -0.1) is 0 Å². The molecule has 2 N–H and O–H groups in total. The van der Waals surface area contributed by atoms with E-state index in [-0.39, 0.29) is 18.2 Å². The molecule has 20 heavy (non-hydrogen) atoms. The molecule has 2 aliphatic heterocycles. The van der Waals surface area contributed by atoms with Gasteiger partial charge in [-0.1, -0.05) is 0 Å². The van der Waals surface area contributed by atoms with Crippen LogP contribution in [0.1, 0.15) is 25.7 Å². The summed E-state index contributed by atoms with van der Waals surface area (Å²) < 4.78 is 24.3. The number of sulfonamides is 1. The molecule has 0 atom stereocenters. The van der Waals surface area contributed by atoms with Gasteiger partial charge in [0.25, 0.3) is 0 Å².